The van der Waals surface area contributed by atoms with Gasteiger partial charge in [-0.2, -0.15) is 18.3 Å². The Morgan fingerprint density at radius 1 is 0.281 bits per heavy atom. The molecule has 0 spiro atoms. The summed E-state index contributed by atoms with van der Waals surface area (Å²) in [4.78, 5) is 0. The first-order chi connectivity index (χ1) is 62.9. The molecule has 602 valence electrons. The summed E-state index contributed by atoms with van der Waals surface area (Å²) in [5.74, 6) is -1.00. The van der Waals surface area contributed by atoms with Gasteiger partial charge in [-0.3, -0.25) is 0 Å². The minimum Gasteiger partial charge on any atom is -0.338 e. The Balaban J connectivity index is 0.000000115. The van der Waals surface area contributed by atoms with Gasteiger partial charge in [0.2, 0.25) is 22.8 Å². The number of benzene rings is 12. The minimum absolute atomic E-state index is 0.279. The lowest BCUT2D eigenvalue weighted by atomic mass is 9.83. The molecule has 8 heterocycles. The number of aromatic nitrogens is 8. The average Bonchev–Trinajstić information content (AvgIpc) is 1.52. The molecule has 22 rings (SSSR count). The Hall–Kier alpha value is -12.5. The third-order valence-electron chi connectivity index (χ3n) is 26.9. The van der Waals surface area contributed by atoms with Crippen molar-refractivity contribution in [3.63, 3.8) is 0 Å². The maximum atomic E-state index is 9.16. The van der Waals surface area contributed by atoms with Crippen LogP contribution in [0.2, 0.25) is 0 Å². The minimum atomic E-state index is -2.34. The van der Waals surface area contributed by atoms with Crippen molar-refractivity contribution in [3.05, 3.63) is 310 Å². The molecule has 8 aromatic heterocycles. The van der Waals surface area contributed by atoms with Crippen molar-refractivity contribution in [2.75, 3.05) is 0 Å². The predicted molar refractivity (Wildman–Crippen MR) is 512 cm³/mol. The van der Waals surface area contributed by atoms with Crippen LogP contribution >= 0.6 is 0 Å². The quantitative estimate of drug-likeness (QED) is 0.149. The SMILES string of the molecule is Cc1ccc2cc3c(cc2c1)c1cc[n+](C)c(-c2ccccc2C)c1n3C.[2H]C([2H])([2H])c1c[n+](C)c(-c2ccccc2C)c2c1c1cc3cc(C)ccc3cc1n2C.[2H]C([2H])([2H])c1ccc(-c2c3c(c(C([2H])([2H])[2H])c[n+]2C)c2cc4cc(C5([2H])CCCCC5)ccc4cc2n3C)c(C)c1.[2H]C1(c2ccc3cc4c(cc3c2)c2cc[n+](C)c(-c3ccccc3C)c2n4C)CCCCC1. The summed E-state index contributed by atoms with van der Waals surface area (Å²) in [6.45, 7) is 5.85. The fourth-order valence-corrected chi connectivity index (χ4v) is 20.5. The smallest absolute Gasteiger partial charge is 0.237 e. The lowest BCUT2D eigenvalue weighted by Crippen LogP contribution is -2.32. The van der Waals surface area contributed by atoms with E-state index in [1.54, 1.807) is 24.5 Å². The van der Waals surface area contributed by atoms with Gasteiger partial charge in [0.1, 0.15) is 50.3 Å². The van der Waals surface area contributed by atoms with Crippen LogP contribution in [-0.2, 0) is 56.4 Å². The molecule has 0 radical (unpaired) electrons. The molecule has 0 atom stereocenters. The summed E-state index contributed by atoms with van der Waals surface area (Å²) < 4.78 is 109. The van der Waals surface area contributed by atoms with E-state index in [4.69, 9.17) is 15.1 Å². The Morgan fingerprint density at radius 3 is 1.00 bits per heavy atom. The van der Waals surface area contributed by atoms with Crippen molar-refractivity contribution < 1.29 is 33.3 Å². The van der Waals surface area contributed by atoms with Crippen LogP contribution in [-0.4, -0.2) is 18.3 Å². The molecule has 0 amide bonds. The number of aryl methyl sites for hydroxylation is 17. The van der Waals surface area contributed by atoms with E-state index in [0.29, 0.717) is 10.9 Å². The molecule has 2 fully saturated rings. The van der Waals surface area contributed by atoms with E-state index in [-0.39, 0.29) is 11.1 Å². The third-order valence-corrected chi connectivity index (χ3v) is 26.9. The molecule has 0 aliphatic heterocycles. The van der Waals surface area contributed by atoms with Crippen LogP contribution in [0.1, 0.15) is 152 Å². The zero-order chi connectivity index (χ0) is 93.0. The van der Waals surface area contributed by atoms with Crippen molar-refractivity contribution in [3.8, 4) is 45.0 Å². The molecule has 8 heteroatoms. The molecule has 20 aromatic rings. The number of rotatable bonds is 6. The van der Waals surface area contributed by atoms with Crippen LogP contribution < -0.4 is 18.3 Å². The molecule has 8 nitrogen and oxygen atoms in total. The molecule has 121 heavy (non-hydrogen) atoms. The molecule has 2 saturated carbocycles. The maximum Gasteiger partial charge on any atom is 0.237 e. The fourth-order valence-electron chi connectivity index (χ4n) is 20.5. The number of hydrogen-bond acceptors (Lipinski definition) is 0. The van der Waals surface area contributed by atoms with Crippen molar-refractivity contribution in [2.45, 2.75) is 138 Å². The Kier molecular flexibility index (Phi) is 17.1. The highest BCUT2D eigenvalue weighted by atomic mass is 15.0. The summed E-state index contributed by atoms with van der Waals surface area (Å²) in [7, 11) is 16.4. The maximum absolute atomic E-state index is 9.16. The third kappa shape index (κ3) is 13.7. The van der Waals surface area contributed by atoms with E-state index in [9.17, 15) is 0 Å². The van der Waals surface area contributed by atoms with Crippen molar-refractivity contribution in [1.29, 1.82) is 0 Å². The van der Waals surface area contributed by atoms with Crippen molar-refractivity contribution in [2.24, 2.45) is 56.4 Å². The lowest BCUT2D eigenvalue weighted by molar-refractivity contribution is -0.659. The van der Waals surface area contributed by atoms with Gasteiger partial charge in [-0.15, -0.1) is 0 Å². The van der Waals surface area contributed by atoms with Crippen LogP contribution in [0.3, 0.4) is 0 Å². The van der Waals surface area contributed by atoms with Gasteiger partial charge in [-0.1, -0.05) is 195 Å². The van der Waals surface area contributed by atoms with E-state index >= 15 is 0 Å². The van der Waals surface area contributed by atoms with Gasteiger partial charge in [-0.05, 0) is 249 Å². The van der Waals surface area contributed by atoms with E-state index in [0.717, 1.165) is 138 Å². The lowest BCUT2D eigenvalue weighted by Gasteiger charge is -2.22. The van der Waals surface area contributed by atoms with Gasteiger partial charge >= 0.3 is 0 Å². The van der Waals surface area contributed by atoms with Crippen LogP contribution in [0.5, 0.6) is 0 Å². The van der Waals surface area contributed by atoms with Crippen LogP contribution in [0, 0.1) is 62.1 Å². The van der Waals surface area contributed by atoms with Crippen LogP contribution in [0.15, 0.2) is 249 Å². The monoisotopic (exact) mass is 1590 g/mol. The molecule has 0 bridgehead atoms. The van der Waals surface area contributed by atoms with Gasteiger partial charge in [0.05, 0.1) is 22.3 Å². The molecule has 0 saturated heterocycles. The summed E-state index contributed by atoms with van der Waals surface area (Å²) in [5.41, 5.74) is 27.9. The average molecular weight is 1600 g/mol. The van der Waals surface area contributed by atoms with Crippen LogP contribution in [0.4, 0.5) is 0 Å². The first-order valence-electron chi connectivity index (χ1n) is 48.6. The predicted octanol–water partition coefficient (Wildman–Crippen LogP) is 26.8. The zero-order valence-corrected chi connectivity index (χ0v) is 72.3. The molecule has 0 unspecified atom stereocenters. The largest absolute Gasteiger partial charge is 0.338 e. The first-order valence-corrected chi connectivity index (χ1v) is 43.1. The summed E-state index contributed by atoms with van der Waals surface area (Å²) in [5, 5.41) is 18.0. The highest BCUT2D eigenvalue weighted by Gasteiger charge is 2.30. The first kappa shape index (κ1) is 66.3. The molecule has 2 aliphatic rings. The van der Waals surface area contributed by atoms with Gasteiger partial charge in [0.25, 0.3) is 0 Å². The highest BCUT2D eigenvalue weighted by molar-refractivity contribution is 6.20. The van der Waals surface area contributed by atoms with Crippen molar-refractivity contribution in [1.82, 2.24) is 18.3 Å². The molecular formula is C113H114N8+4. The number of nitrogens with zero attached hydrogens (tertiary/aromatic N) is 8. The second-order valence-electron chi connectivity index (χ2n) is 34.9. The van der Waals surface area contributed by atoms with Gasteiger partial charge < -0.3 is 18.3 Å². The number of pyridine rings is 4. The van der Waals surface area contributed by atoms with Crippen molar-refractivity contribution >= 4 is 130 Å². The fraction of sp³-hybridized carbons (Fsp3) is 0.257. The Bertz CT molecular complexity index is 8140. The number of fused-ring (bicyclic) bond motifs is 16. The topological polar surface area (TPSA) is 35.2 Å². The van der Waals surface area contributed by atoms with Gasteiger partial charge in [-0.25, -0.2) is 0 Å². The molecule has 2 aliphatic carbocycles. The second kappa shape index (κ2) is 31.2. The van der Waals surface area contributed by atoms with Crippen LogP contribution in [0.25, 0.3) is 175 Å². The molecule has 0 N–H and O–H groups in total. The van der Waals surface area contributed by atoms with E-state index in [2.05, 4.69) is 297 Å². The van der Waals surface area contributed by atoms with E-state index in [1.165, 1.54) is 141 Å². The Morgan fingerprint density at radius 2 is 0.620 bits per heavy atom. The Labute approximate surface area is 727 Å². The summed E-state index contributed by atoms with van der Waals surface area (Å²) in [6.07, 6.45) is 18.5. The standard InChI is InChI=1S/C32H35N2.C30H31N2.C26H25N2.C25H23N2/c1-20-11-14-27(21(2)15-20)31-32-30(22(3)19-33(31)4)28-17-26-16-24(23-9-7-6-8-10-23)12-13-25(26)18-29(28)34(32)5;1-20-9-7-8-12-25(20)29-30-26(15-16-31(29)2)27-18-24-17-22(21-10-5-4-6-11-21)13-14-23(24)19-28(27)32(30)3;1-16-10-11-19-14-23-22(13-20(19)12-16)24-18(3)15-27(4)25(26(24)28(23)5)21-9-7-6-8-17(21)2;1-16-9-10-18-15-23-22(14-19(18)13-16)21-11-12-26(3)24(25(21)27(23)4)20-8-6-5-7-17(20)2/h11-19,23H,6-10H2,1-5H3;7-9,12-19,21H,4-6,10-11H2,1-3H3;6-15H,1-5H3;5-15H,1-4H3/q4*+1/i1D3,3D3,23D;21D;3D3;. The summed E-state index contributed by atoms with van der Waals surface area (Å²) in [6, 6.07) is 79.2. The van der Waals surface area contributed by atoms with E-state index in [1.807, 2.05) is 62.4 Å². The van der Waals surface area contributed by atoms with E-state index < -0.39 is 32.3 Å². The van der Waals surface area contributed by atoms with Gasteiger partial charge in [0.15, 0.2) is 24.8 Å². The summed E-state index contributed by atoms with van der Waals surface area (Å²) >= 11 is 0. The van der Waals surface area contributed by atoms with Gasteiger partial charge in [0, 0.05) is 132 Å². The molecular weight excluding hydrogens is 1470 g/mol. The molecule has 12 aromatic carbocycles. The zero-order valence-electron chi connectivity index (χ0n) is 83.3. The second-order valence-corrected chi connectivity index (χ2v) is 34.9. The highest BCUT2D eigenvalue weighted by Crippen LogP contribution is 2.45. The normalized spacial score (nSPS) is 15.8. The number of hydrogen-bond donors (Lipinski definition) is 0.